The first-order valence-corrected chi connectivity index (χ1v) is 16.9. The third-order valence-corrected chi connectivity index (χ3v) is 8.96. The van der Waals surface area contributed by atoms with Crippen molar-refractivity contribution >= 4 is 35.5 Å². The number of primary amides is 1. The second kappa shape index (κ2) is 19.4. The number of methoxy groups -OCH3 is 1. The lowest BCUT2D eigenvalue weighted by atomic mass is 9.93. The van der Waals surface area contributed by atoms with Gasteiger partial charge in [0.05, 0.1) is 31.1 Å². The molecule has 0 saturated carbocycles. The van der Waals surface area contributed by atoms with Crippen molar-refractivity contribution in [1.29, 1.82) is 0 Å². The summed E-state index contributed by atoms with van der Waals surface area (Å²) in [6.45, 7) is 3.44. The summed E-state index contributed by atoms with van der Waals surface area (Å²) in [7, 11) is 2.95. The van der Waals surface area contributed by atoms with Gasteiger partial charge in [0.25, 0.3) is 0 Å². The molecule has 6 atom stereocenters. The molecule has 2 aromatic carbocycles. The van der Waals surface area contributed by atoms with Crippen LogP contribution in [0, 0.1) is 0 Å². The molecule has 278 valence electrons. The van der Waals surface area contributed by atoms with Crippen molar-refractivity contribution in [3.8, 4) is 5.75 Å². The fourth-order valence-electron chi connectivity index (χ4n) is 5.91. The third-order valence-electron chi connectivity index (χ3n) is 8.96. The maximum Gasteiger partial charge on any atom is 0.326 e. The number of hydrogen-bond acceptors (Lipinski definition) is 9. The normalized spacial score (nSPS) is 18.0. The number of nitrogens with one attached hydrogen (secondary N) is 2. The number of aliphatic carboxylic acids is 1. The van der Waals surface area contributed by atoms with E-state index in [1.807, 2.05) is 30.3 Å². The van der Waals surface area contributed by atoms with Gasteiger partial charge < -0.3 is 45.9 Å². The van der Waals surface area contributed by atoms with Crippen molar-refractivity contribution in [3.05, 3.63) is 65.7 Å². The molecule has 0 radical (unpaired) electrons. The quantitative estimate of drug-likeness (QED) is 0.146. The highest BCUT2D eigenvalue weighted by Crippen LogP contribution is 2.26. The minimum absolute atomic E-state index is 0.0466. The van der Waals surface area contributed by atoms with Crippen LogP contribution in [0.2, 0.25) is 0 Å². The van der Waals surface area contributed by atoms with Crippen molar-refractivity contribution in [1.82, 2.24) is 20.4 Å². The lowest BCUT2D eigenvalue weighted by Crippen LogP contribution is -2.61. The van der Waals surface area contributed by atoms with Gasteiger partial charge in [0.15, 0.2) is 0 Å². The number of nitrogens with zero attached hydrogens (tertiary/aromatic N) is 2. The average Bonchev–Trinajstić information content (AvgIpc) is 3.11. The number of carboxylic acid groups (broad SMARTS) is 1. The van der Waals surface area contributed by atoms with E-state index in [4.69, 9.17) is 15.2 Å². The largest absolute Gasteiger partial charge is 0.489 e. The predicted octanol–water partition coefficient (Wildman–Crippen LogP) is 0.752. The number of piperidine rings is 1. The molecule has 0 bridgehead atoms. The molecule has 3 rings (SSSR count). The molecule has 1 saturated heterocycles. The Balaban J connectivity index is 1.66. The van der Waals surface area contributed by atoms with Crippen molar-refractivity contribution < 1.29 is 48.5 Å². The molecule has 6 N–H and O–H groups in total. The van der Waals surface area contributed by atoms with Crippen LogP contribution in [0.1, 0.15) is 57.1 Å². The molecule has 0 spiro atoms. The maximum atomic E-state index is 13.9. The molecule has 1 aliphatic rings. The number of hydrogen-bond donors (Lipinski definition) is 5. The van der Waals surface area contributed by atoms with Gasteiger partial charge in [0.2, 0.25) is 29.5 Å². The van der Waals surface area contributed by atoms with Gasteiger partial charge in [-0.3, -0.25) is 24.0 Å². The van der Waals surface area contributed by atoms with Gasteiger partial charge in [-0.25, -0.2) is 4.79 Å². The molecule has 2 aromatic rings. The van der Waals surface area contributed by atoms with Crippen LogP contribution in [0.5, 0.6) is 5.75 Å². The highest BCUT2D eigenvalue weighted by Gasteiger charge is 2.40. The summed E-state index contributed by atoms with van der Waals surface area (Å²) in [5, 5.41) is 24.9. The fraction of sp³-hybridized carbons (Fsp3) is 0.500. The molecule has 51 heavy (non-hydrogen) atoms. The molecular formula is C36H49N5O10. The standard InChI is InChI=1S/C36H49N5O10/c1-22(40(3)32(45)19-25-13-8-9-14-28(25)51-21-24-11-6-5-7-12-24)34(46)39-33(23(2)42)35(47)41-18-10-15-29(50-4)27(41)16-17-31(44)38-26(36(48)49)20-30(37)43/h5-9,11-14,22-23,26-27,29,33,42H,10,15-21H2,1-4H3,(H2,37,43)(H,38,44)(H,39,46)(H,48,49)/t22-,23+,26+,27+,29+,33+/m1/s1. The van der Waals surface area contributed by atoms with Gasteiger partial charge in [-0.1, -0.05) is 48.5 Å². The highest BCUT2D eigenvalue weighted by molar-refractivity contribution is 5.93. The molecular weight excluding hydrogens is 662 g/mol. The zero-order valence-electron chi connectivity index (χ0n) is 29.4. The Kier molecular flexibility index (Phi) is 15.4. The minimum atomic E-state index is -1.50. The number of amides is 5. The molecule has 0 aliphatic carbocycles. The SMILES string of the molecule is CO[C@H]1CCCN(C(=O)[C@@H](NC(=O)[C@@H](C)N(C)C(=O)Cc2ccccc2OCc2ccccc2)[C@H](C)O)[C@H]1CCC(=O)N[C@@H](CC(N)=O)C(=O)O. The van der Waals surface area contributed by atoms with E-state index < -0.39 is 72.4 Å². The molecule has 5 amide bonds. The first kappa shape index (κ1) is 40.4. The topological polar surface area (TPSA) is 218 Å². The number of likely N-dealkylation sites (N-methyl/N-ethyl adjacent to an activating group) is 1. The van der Waals surface area contributed by atoms with Crippen LogP contribution in [0.4, 0.5) is 0 Å². The van der Waals surface area contributed by atoms with Gasteiger partial charge in [-0.2, -0.15) is 0 Å². The first-order valence-electron chi connectivity index (χ1n) is 16.9. The predicted molar refractivity (Wildman–Crippen MR) is 185 cm³/mol. The van der Waals surface area contributed by atoms with Crippen LogP contribution >= 0.6 is 0 Å². The summed E-state index contributed by atoms with van der Waals surface area (Å²) in [6.07, 6.45) is -1.43. The smallest absolute Gasteiger partial charge is 0.326 e. The second-order valence-electron chi connectivity index (χ2n) is 12.6. The Labute approximate surface area is 297 Å². The minimum Gasteiger partial charge on any atom is -0.489 e. The Morgan fingerprint density at radius 1 is 1.02 bits per heavy atom. The lowest BCUT2D eigenvalue weighted by Gasteiger charge is -2.42. The maximum absolute atomic E-state index is 13.9. The van der Waals surface area contributed by atoms with Crippen LogP contribution in [-0.2, 0) is 46.5 Å². The van der Waals surface area contributed by atoms with E-state index in [1.165, 1.54) is 37.8 Å². The Morgan fingerprint density at radius 3 is 2.31 bits per heavy atom. The van der Waals surface area contributed by atoms with E-state index in [0.717, 1.165) is 5.56 Å². The number of likely N-dealkylation sites (tertiary alicyclic amines) is 1. The Hall–Kier alpha value is -5.02. The van der Waals surface area contributed by atoms with Gasteiger partial charge >= 0.3 is 5.97 Å². The molecule has 1 aliphatic heterocycles. The summed E-state index contributed by atoms with van der Waals surface area (Å²) in [5.41, 5.74) is 6.70. The van der Waals surface area contributed by atoms with E-state index in [2.05, 4.69) is 10.6 Å². The van der Waals surface area contributed by atoms with Crippen molar-refractivity contribution in [2.24, 2.45) is 5.73 Å². The summed E-state index contributed by atoms with van der Waals surface area (Å²) in [6, 6.07) is 12.2. The number of carboxylic acids is 1. The number of para-hydroxylation sites is 1. The Bertz CT molecular complexity index is 1520. The van der Waals surface area contributed by atoms with Gasteiger partial charge in [-0.15, -0.1) is 0 Å². The Morgan fingerprint density at radius 2 is 1.69 bits per heavy atom. The van der Waals surface area contributed by atoms with Crippen LogP contribution in [0.3, 0.4) is 0 Å². The van der Waals surface area contributed by atoms with Crippen LogP contribution in [0.15, 0.2) is 54.6 Å². The summed E-state index contributed by atoms with van der Waals surface area (Å²) in [4.78, 5) is 78.8. The van der Waals surface area contributed by atoms with E-state index >= 15 is 0 Å². The molecule has 15 nitrogen and oxygen atoms in total. The number of aliphatic hydroxyl groups excluding tert-OH is 1. The van der Waals surface area contributed by atoms with Crippen molar-refractivity contribution in [3.63, 3.8) is 0 Å². The average molecular weight is 712 g/mol. The van der Waals surface area contributed by atoms with Gasteiger partial charge in [0, 0.05) is 32.7 Å². The van der Waals surface area contributed by atoms with Crippen LogP contribution in [-0.4, -0.2) is 113 Å². The second-order valence-corrected chi connectivity index (χ2v) is 12.6. The van der Waals surface area contributed by atoms with Gasteiger partial charge in [-0.05, 0) is 44.7 Å². The fourth-order valence-corrected chi connectivity index (χ4v) is 5.91. The summed E-state index contributed by atoms with van der Waals surface area (Å²) < 4.78 is 11.6. The molecule has 1 fully saturated rings. The van der Waals surface area contributed by atoms with E-state index in [9.17, 15) is 39.0 Å². The lowest BCUT2D eigenvalue weighted by molar-refractivity contribution is -0.148. The zero-order chi connectivity index (χ0) is 37.7. The first-order chi connectivity index (χ1) is 24.2. The summed E-state index contributed by atoms with van der Waals surface area (Å²) >= 11 is 0. The third kappa shape index (κ3) is 11.8. The number of nitrogens with two attached hydrogens (primary N) is 1. The number of rotatable bonds is 18. The van der Waals surface area contributed by atoms with Crippen molar-refractivity contribution in [2.45, 2.75) is 95.4 Å². The number of benzene rings is 2. The highest BCUT2D eigenvalue weighted by atomic mass is 16.5. The van der Waals surface area contributed by atoms with E-state index in [-0.39, 0.29) is 31.7 Å². The van der Waals surface area contributed by atoms with Crippen LogP contribution in [0.25, 0.3) is 0 Å². The number of aliphatic hydroxyl groups is 1. The number of carbonyl (C=O) groups excluding carboxylic acids is 5. The number of ether oxygens (including phenoxy) is 2. The van der Waals surface area contributed by atoms with E-state index in [1.54, 1.807) is 24.3 Å². The molecule has 15 heteroatoms. The van der Waals surface area contributed by atoms with Crippen LogP contribution < -0.4 is 21.1 Å². The molecule has 0 unspecified atom stereocenters. The summed E-state index contributed by atoms with van der Waals surface area (Å²) in [5.74, 6) is -4.07. The molecule has 1 heterocycles. The number of carbonyl (C=O) groups is 6. The van der Waals surface area contributed by atoms with E-state index in [0.29, 0.717) is 30.8 Å². The zero-order valence-corrected chi connectivity index (χ0v) is 29.4. The monoisotopic (exact) mass is 711 g/mol. The molecule has 0 aromatic heterocycles. The van der Waals surface area contributed by atoms with Crippen molar-refractivity contribution in [2.75, 3.05) is 20.7 Å². The van der Waals surface area contributed by atoms with Gasteiger partial charge in [0.1, 0.15) is 30.5 Å².